The summed E-state index contributed by atoms with van der Waals surface area (Å²) >= 11 is 0. The molecule has 104 valence electrons. The molecule has 0 radical (unpaired) electrons. The number of carbonyl (C=O) groups is 1. The minimum Gasteiger partial charge on any atom is -0.296 e. The second kappa shape index (κ2) is 6.24. The maximum absolute atomic E-state index is 13.5. The van der Waals surface area contributed by atoms with E-state index in [1.807, 2.05) is 0 Å². The van der Waals surface area contributed by atoms with Crippen molar-refractivity contribution in [3.8, 4) is 0 Å². The first-order valence-corrected chi connectivity index (χ1v) is 6.80. The number of carbonyl (C=O) groups excluding carboxylic acids is 1. The van der Waals surface area contributed by atoms with Crippen molar-refractivity contribution in [2.24, 2.45) is 5.92 Å². The molecule has 0 aliphatic heterocycles. The fourth-order valence-electron chi connectivity index (χ4n) is 2.22. The van der Waals surface area contributed by atoms with Crippen LogP contribution in [0.5, 0.6) is 0 Å². The number of rotatable bonds is 7. The van der Waals surface area contributed by atoms with Crippen LogP contribution in [0.3, 0.4) is 0 Å². The number of halogens is 2. The summed E-state index contributed by atoms with van der Waals surface area (Å²) in [5, 5.41) is 0. The predicted molar refractivity (Wildman–Crippen MR) is 70.1 cm³/mol. The Balaban J connectivity index is 2.00. The van der Waals surface area contributed by atoms with E-state index in [4.69, 9.17) is 0 Å². The van der Waals surface area contributed by atoms with Gasteiger partial charge in [-0.2, -0.15) is 0 Å². The van der Waals surface area contributed by atoms with E-state index in [-0.39, 0.29) is 17.9 Å². The lowest BCUT2D eigenvalue weighted by Crippen LogP contribution is -2.32. The molecule has 0 bridgehead atoms. The Labute approximate surface area is 112 Å². The largest absolute Gasteiger partial charge is 0.296 e. The number of benzene rings is 1. The third-order valence-corrected chi connectivity index (χ3v) is 3.35. The molecule has 1 aliphatic carbocycles. The third kappa shape index (κ3) is 4.10. The Bertz CT molecular complexity index is 457. The van der Waals surface area contributed by atoms with Crippen LogP contribution in [0.1, 0.15) is 36.5 Å². The molecule has 0 aromatic heterocycles. The van der Waals surface area contributed by atoms with Gasteiger partial charge in [0.1, 0.15) is 11.6 Å². The van der Waals surface area contributed by atoms with E-state index < -0.39 is 11.6 Å². The van der Waals surface area contributed by atoms with Crippen LogP contribution in [0.4, 0.5) is 8.78 Å². The molecule has 2 rings (SSSR count). The van der Waals surface area contributed by atoms with Gasteiger partial charge in [-0.3, -0.25) is 9.69 Å². The molecule has 0 amide bonds. The Kier molecular flexibility index (Phi) is 4.64. The molecule has 1 aliphatic rings. The van der Waals surface area contributed by atoms with Gasteiger partial charge in [0.2, 0.25) is 0 Å². The van der Waals surface area contributed by atoms with Crippen LogP contribution in [0, 0.1) is 17.6 Å². The van der Waals surface area contributed by atoms with Crippen molar-refractivity contribution < 1.29 is 13.6 Å². The van der Waals surface area contributed by atoms with Gasteiger partial charge in [-0.1, -0.05) is 6.92 Å². The summed E-state index contributed by atoms with van der Waals surface area (Å²) in [6.45, 7) is 4.02. The molecule has 0 unspecified atom stereocenters. The number of nitrogens with zero attached hydrogens (tertiary/aromatic N) is 1. The Hall–Kier alpha value is -1.29. The van der Waals surface area contributed by atoms with Crippen LogP contribution in [0.15, 0.2) is 18.2 Å². The SMILES string of the molecule is CCCN(CC(=O)c1ccc(F)cc1F)CC1CC1. The molecule has 0 N–H and O–H groups in total. The molecule has 1 aromatic carbocycles. The fraction of sp³-hybridized carbons (Fsp3) is 0.533. The van der Waals surface area contributed by atoms with E-state index in [0.29, 0.717) is 5.92 Å². The number of hydrogen-bond acceptors (Lipinski definition) is 2. The first kappa shape index (κ1) is 14.1. The number of Topliss-reactive ketones (excluding diaryl/α,β-unsaturated/α-hetero) is 1. The van der Waals surface area contributed by atoms with E-state index in [9.17, 15) is 13.6 Å². The molecular formula is C15H19F2NO. The van der Waals surface area contributed by atoms with E-state index in [1.165, 1.54) is 18.9 Å². The average molecular weight is 267 g/mol. The highest BCUT2D eigenvalue weighted by Crippen LogP contribution is 2.29. The van der Waals surface area contributed by atoms with E-state index in [0.717, 1.165) is 31.6 Å². The minimum absolute atomic E-state index is 0.0155. The topological polar surface area (TPSA) is 20.3 Å². The van der Waals surface area contributed by atoms with E-state index in [1.54, 1.807) is 0 Å². The molecule has 0 saturated heterocycles. The summed E-state index contributed by atoms with van der Waals surface area (Å²) in [6.07, 6.45) is 3.41. The van der Waals surface area contributed by atoms with Crippen LogP contribution in [-0.2, 0) is 0 Å². The summed E-state index contributed by atoms with van der Waals surface area (Å²) < 4.78 is 26.3. The average Bonchev–Trinajstić information content (AvgIpc) is 3.12. The Morgan fingerprint density at radius 1 is 1.37 bits per heavy atom. The van der Waals surface area contributed by atoms with Crippen LogP contribution in [0.2, 0.25) is 0 Å². The number of hydrogen-bond donors (Lipinski definition) is 0. The molecular weight excluding hydrogens is 248 g/mol. The molecule has 4 heteroatoms. The van der Waals surface area contributed by atoms with Gasteiger partial charge in [0.05, 0.1) is 12.1 Å². The highest BCUT2D eigenvalue weighted by molar-refractivity contribution is 5.97. The standard InChI is InChI=1S/C15H19F2NO/c1-2-7-18(9-11-3-4-11)10-15(19)13-6-5-12(16)8-14(13)17/h5-6,8,11H,2-4,7,9-10H2,1H3. The second-order valence-electron chi connectivity index (χ2n) is 5.23. The second-order valence-corrected chi connectivity index (χ2v) is 5.23. The first-order valence-electron chi connectivity index (χ1n) is 6.80. The van der Waals surface area contributed by atoms with Crippen molar-refractivity contribution in [3.05, 3.63) is 35.4 Å². The molecule has 0 heterocycles. The van der Waals surface area contributed by atoms with Gasteiger partial charge in [0, 0.05) is 12.6 Å². The fourth-order valence-corrected chi connectivity index (χ4v) is 2.22. The molecule has 1 saturated carbocycles. The van der Waals surface area contributed by atoms with Gasteiger partial charge in [-0.05, 0) is 43.9 Å². The van der Waals surface area contributed by atoms with Crippen LogP contribution in [0.25, 0.3) is 0 Å². The van der Waals surface area contributed by atoms with Crippen molar-refractivity contribution >= 4 is 5.78 Å². The zero-order valence-corrected chi connectivity index (χ0v) is 11.2. The zero-order chi connectivity index (χ0) is 13.8. The maximum atomic E-state index is 13.5. The summed E-state index contributed by atoms with van der Waals surface area (Å²) in [4.78, 5) is 14.1. The highest BCUT2D eigenvalue weighted by atomic mass is 19.1. The van der Waals surface area contributed by atoms with Gasteiger partial charge >= 0.3 is 0 Å². The number of ketones is 1. The van der Waals surface area contributed by atoms with Crippen molar-refractivity contribution in [2.45, 2.75) is 26.2 Å². The lowest BCUT2D eigenvalue weighted by atomic mass is 10.1. The smallest absolute Gasteiger partial charge is 0.179 e. The quantitative estimate of drug-likeness (QED) is 0.707. The minimum atomic E-state index is -0.770. The Morgan fingerprint density at radius 2 is 2.11 bits per heavy atom. The Morgan fingerprint density at radius 3 is 2.68 bits per heavy atom. The first-order chi connectivity index (χ1) is 9.10. The summed E-state index contributed by atoms with van der Waals surface area (Å²) in [7, 11) is 0. The van der Waals surface area contributed by atoms with Crippen molar-refractivity contribution in [1.29, 1.82) is 0 Å². The monoisotopic (exact) mass is 267 g/mol. The molecule has 0 atom stereocenters. The van der Waals surface area contributed by atoms with Gasteiger partial charge in [-0.25, -0.2) is 8.78 Å². The van der Waals surface area contributed by atoms with Crippen LogP contribution in [-0.4, -0.2) is 30.3 Å². The van der Waals surface area contributed by atoms with Gasteiger partial charge < -0.3 is 0 Å². The summed E-state index contributed by atoms with van der Waals surface area (Å²) in [6, 6.07) is 3.12. The molecule has 19 heavy (non-hydrogen) atoms. The lowest BCUT2D eigenvalue weighted by Gasteiger charge is -2.20. The summed E-state index contributed by atoms with van der Waals surface area (Å²) in [5.74, 6) is -1.01. The van der Waals surface area contributed by atoms with Crippen LogP contribution < -0.4 is 0 Å². The molecule has 2 nitrogen and oxygen atoms in total. The van der Waals surface area contributed by atoms with Crippen molar-refractivity contribution in [3.63, 3.8) is 0 Å². The lowest BCUT2D eigenvalue weighted by molar-refractivity contribution is 0.0923. The predicted octanol–water partition coefficient (Wildman–Crippen LogP) is 3.27. The van der Waals surface area contributed by atoms with Gasteiger partial charge in [-0.15, -0.1) is 0 Å². The highest BCUT2D eigenvalue weighted by Gasteiger charge is 2.25. The summed E-state index contributed by atoms with van der Waals surface area (Å²) in [5.41, 5.74) is -0.0155. The molecule has 1 aromatic rings. The van der Waals surface area contributed by atoms with E-state index in [2.05, 4.69) is 11.8 Å². The maximum Gasteiger partial charge on any atom is 0.179 e. The van der Waals surface area contributed by atoms with Gasteiger partial charge in [0.25, 0.3) is 0 Å². The van der Waals surface area contributed by atoms with E-state index >= 15 is 0 Å². The molecule has 1 fully saturated rings. The molecule has 0 spiro atoms. The normalized spacial score (nSPS) is 14.9. The van der Waals surface area contributed by atoms with Crippen molar-refractivity contribution in [2.75, 3.05) is 19.6 Å². The van der Waals surface area contributed by atoms with Crippen LogP contribution >= 0.6 is 0 Å². The van der Waals surface area contributed by atoms with Gasteiger partial charge in [0.15, 0.2) is 5.78 Å². The third-order valence-electron chi connectivity index (χ3n) is 3.35. The van der Waals surface area contributed by atoms with Crippen molar-refractivity contribution in [1.82, 2.24) is 4.90 Å². The zero-order valence-electron chi connectivity index (χ0n) is 11.2.